The predicted octanol–water partition coefficient (Wildman–Crippen LogP) is 3.00. The Hall–Kier alpha value is -3.35. The molecule has 0 aliphatic rings. The number of ketones is 1. The maximum absolute atomic E-state index is 11.8. The third-order valence-electron chi connectivity index (χ3n) is 3.65. The van der Waals surface area contributed by atoms with Crippen molar-refractivity contribution in [1.29, 1.82) is 0 Å². The molecule has 7 nitrogen and oxygen atoms in total. The fourth-order valence-corrected chi connectivity index (χ4v) is 2.19. The number of methoxy groups -OCH3 is 2. The van der Waals surface area contributed by atoms with E-state index in [1.165, 1.54) is 20.2 Å². The van der Waals surface area contributed by atoms with Gasteiger partial charge in [-0.2, -0.15) is 0 Å². The van der Waals surface area contributed by atoms with E-state index in [-0.39, 0.29) is 19.0 Å². The molecular weight excluding hydrogens is 350 g/mol. The molecular formula is C20H21NO6. The molecule has 0 bridgehead atoms. The van der Waals surface area contributed by atoms with Gasteiger partial charge in [0, 0.05) is 11.1 Å². The molecule has 2 rings (SSSR count). The normalized spacial score (nSPS) is 10.5. The van der Waals surface area contributed by atoms with Gasteiger partial charge in [-0.25, -0.2) is 4.79 Å². The minimum atomic E-state index is -0.586. The number of esters is 1. The number of carbonyl (C=O) groups excluding carboxylic acids is 2. The highest BCUT2D eigenvalue weighted by Gasteiger charge is 2.10. The van der Waals surface area contributed by atoms with Crippen LogP contribution in [-0.2, 0) is 21.0 Å². The highest BCUT2D eigenvalue weighted by molar-refractivity contribution is 5.94. The van der Waals surface area contributed by atoms with Gasteiger partial charge in [0.15, 0.2) is 5.78 Å². The second kappa shape index (κ2) is 9.96. The Morgan fingerprint density at radius 3 is 2.41 bits per heavy atom. The van der Waals surface area contributed by atoms with Crippen LogP contribution in [0.2, 0.25) is 0 Å². The molecule has 0 saturated heterocycles. The second-order valence-corrected chi connectivity index (χ2v) is 5.52. The van der Waals surface area contributed by atoms with Crippen molar-refractivity contribution in [2.45, 2.75) is 13.5 Å². The predicted molar refractivity (Wildman–Crippen MR) is 99.3 cm³/mol. The van der Waals surface area contributed by atoms with Gasteiger partial charge in [-0.15, -0.1) is 0 Å². The number of benzene rings is 2. The summed E-state index contributed by atoms with van der Waals surface area (Å²) in [6.45, 7) is 1.10. The Labute approximate surface area is 157 Å². The summed E-state index contributed by atoms with van der Waals surface area (Å²) in [4.78, 5) is 28.2. The molecule has 0 saturated carbocycles. The first kappa shape index (κ1) is 20.0. The molecule has 27 heavy (non-hydrogen) atoms. The van der Waals surface area contributed by atoms with Crippen molar-refractivity contribution < 1.29 is 28.6 Å². The van der Waals surface area contributed by atoms with Gasteiger partial charge in [0.25, 0.3) is 0 Å². The van der Waals surface area contributed by atoms with E-state index in [1.54, 1.807) is 49.6 Å². The number of rotatable bonds is 9. The zero-order valence-electron chi connectivity index (χ0n) is 15.4. The largest absolute Gasteiger partial charge is 0.497 e. The zero-order chi connectivity index (χ0) is 19.6. The molecule has 0 radical (unpaired) electrons. The Kier molecular flexibility index (Phi) is 7.37. The summed E-state index contributed by atoms with van der Waals surface area (Å²) in [5, 5.41) is 3.73. The molecule has 0 aromatic heterocycles. The van der Waals surface area contributed by atoms with E-state index in [4.69, 9.17) is 19.0 Å². The minimum absolute atomic E-state index is 0.0331. The number of ether oxygens (including phenoxy) is 3. The summed E-state index contributed by atoms with van der Waals surface area (Å²) in [5.41, 5.74) is 1.91. The molecule has 0 spiro atoms. The number of oxime groups is 1. The monoisotopic (exact) mass is 371 g/mol. The van der Waals surface area contributed by atoms with Gasteiger partial charge >= 0.3 is 5.97 Å². The third kappa shape index (κ3) is 6.14. The molecule has 0 unspecified atom stereocenters. The number of hydrogen-bond donors (Lipinski definition) is 0. The van der Waals surface area contributed by atoms with Crippen LogP contribution in [0.25, 0.3) is 0 Å². The van der Waals surface area contributed by atoms with Crippen LogP contribution < -0.4 is 9.47 Å². The third-order valence-corrected chi connectivity index (χ3v) is 3.65. The maximum atomic E-state index is 11.8. The van der Waals surface area contributed by atoms with Gasteiger partial charge in [-0.3, -0.25) is 4.79 Å². The topological polar surface area (TPSA) is 83.4 Å². The molecule has 0 atom stereocenters. The van der Waals surface area contributed by atoms with E-state index < -0.39 is 5.97 Å². The lowest BCUT2D eigenvalue weighted by Crippen LogP contribution is -2.11. The van der Waals surface area contributed by atoms with Crippen molar-refractivity contribution in [2.24, 2.45) is 5.16 Å². The zero-order valence-corrected chi connectivity index (χ0v) is 15.4. The first-order valence-electron chi connectivity index (χ1n) is 8.16. The Balaban J connectivity index is 1.83. The van der Waals surface area contributed by atoms with Crippen LogP contribution in [0.4, 0.5) is 0 Å². The van der Waals surface area contributed by atoms with Gasteiger partial charge in [0.2, 0.25) is 6.61 Å². The molecule has 0 amide bonds. The average molecular weight is 371 g/mol. The van der Waals surface area contributed by atoms with Crippen LogP contribution in [0.15, 0.2) is 47.6 Å². The van der Waals surface area contributed by atoms with E-state index in [2.05, 4.69) is 5.16 Å². The molecule has 0 aliphatic heterocycles. The van der Waals surface area contributed by atoms with E-state index in [0.29, 0.717) is 16.9 Å². The van der Waals surface area contributed by atoms with Crippen molar-refractivity contribution in [1.82, 2.24) is 0 Å². The summed E-state index contributed by atoms with van der Waals surface area (Å²) in [7, 11) is 3.09. The van der Waals surface area contributed by atoms with Crippen molar-refractivity contribution in [3.05, 3.63) is 59.2 Å². The van der Waals surface area contributed by atoms with Gasteiger partial charge in [0.05, 0.1) is 20.4 Å². The van der Waals surface area contributed by atoms with Gasteiger partial charge in [0.1, 0.15) is 18.1 Å². The summed E-state index contributed by atoms with van der Waals surface area (Å²) in [6.07, 6.45) is 1.48. The number of carbonyl (C=O) groups is 2. The van der Waals surface area contributed by atoms with Gasteiger partial charge in [-0.1, -0.05) is 5.16 Å². The molecule has 0 N–H and O–H groups in total. The van der Waals surface area contributed by atoms with E-state index in [1.807, 2.05) is 0 Å². The van der Waals surface area contributed by atoms with Gasteiger partial charge in [-0.05, 0) is 55.0 Å². The lowest BCUT2D eigenvalue weighted by Gasteiger charge is -2.10. The number of Topliss-reactive ketones (excluding diaryl/α,β-unsaturated/α-hetero) is 1. The minimum Gasteiger partial charge on any atom is -0.497 e. The van der Waals surface area contributed by atoms with Gasteiger partial charge < -0.3 is 19.0 Å². The van der Waals surface area contributed by atoms with Crippen LogP contribution >= 0.6 is 0 Å². The van der Waals surface area contributed by atoms with Crippen LogP contribution in [0.1, 0.15) is 28.4 Å². The van der Waals surface area contributed by atoms with E-state index in [9.17, 15) is 9.59 Å². The molecule has 0 heterocycles. The second-order valence-electron chi connectivity index (χ2n) is 5.52. The summed E-state index contributed by atoms with van der Waals surface area (Å²) < 4.78 is 15.4. The number of hydrogen-bond acceptors (Lipinski definition) is 7. The van der Waals surface area contributed by atoms with Crippen LogP contribution in [0.5, 0.6) is 11.5 Å². The molecule has 7 heteroatoms. The highest BCUT2D eigenvalue weighted by atomic mass is 16.6. The fraction of sp³-hybridized carbons (Fsp3) is 0.250. The fourth-order valence-electron chi connectivity index (χ4n) is 2.19. The molecule has 0 fully saturated rings. The van der Waals surface area contributed by atoms with E-state index >= 15 is 0 Å². The first-order chi connectivity index (χ1) is 13.0. The van der Waals surface area contributed by atoms with Crippen LogP contribution in [-0.4, -0.2) is 38.8 Å². The molecule has 2 aromatic carbocycles. The summed E-state index contributed by atoms with van der Waals surface area (Å²) >= 11 is 0. The summed E-state index contributed by atoms with van der Waals surface area (Å²) in [5.74, 6) is 0.603. The average Bonchev–Trinajstić information content (AvgIpc) is 2.69. The van der Waals surface area contributed by atoms with Crippen molar-refractivity contribution in [3.63, 3.8) is 0 Å². The summed E-state index contributed by atoms with van der Waals surface area (Å²) in [6, 6.07) is 12.1. The van der Waals surface area contributed by atoms with Crippen molar-refractivity contribution >= 4 is 18.0 Å². The van der Waals surface area contributed by atoms with Crippen LogP contribution in [0, 0.1) is 0 Å². The molecule has 0 aliphatic carbocycles. The SMILES string of the molecule is COc1ccc(/C=N\OCC(=O)OCc2cc(C(C)=O)ccc2OC)cc1. The van der Waals surface area contributed by atoms with Crippen molar-refractivity contribution in [2.75, 3.05) is 20.8 Å². The highest BCUT2D eigenvalue weighted by Crippen LogP contribution is 2.21. The lowest BCUT2D eigenvalue weighted by molar-refractivity contribution is -0.150. The molecule has 142 valence electrons. The first-order valence-corrected chi connectivity index (χ1v) is 8.16. The maximum Gasteiger partial charge on any atom is 0.347 e. The standard InChI is InChI=1S/C20H21NO6/c1-14(22)16-6-9-19(25-3)17(10-16)12-26-20(23)13-27-21-11-15-4-7-18(24-2)8-5-15/h4-11H,12-13H2,1-3H3/b21-11-. The smallest absolute Gasteiger partial charge is 0.347 e. The Morgan fingerprint density at radius 1 is 1.04 bits per heavy atom. The Morgan fingerprint density at radius 2 is 1.78 bits per heavy atom. The lowest BCUT2D eigenvalue weighted by atomic mass is 10.1. The Bertz CT molecular complexity index is 814. The number of nitrogens with zero attached hydrogens (tertiary/aromatic N) is 1. The molecule has 2 aromatic rings. The quantitative estimate of drug-likeness (QED) is 0.292. The van der Waals surface area contributed by atoms with Crippen molar-refractivity contribution in [3.8, 4) is 11.5 Å². The van der Waals surface area contributed by atoms with E-state index in [0.717, 1.165) is 11.3 Å². The van der Waals surface area contributed by atoms with Crippen LogP contribution in [0.3, 0.4) is 0 Å².